The van der Waals surface area contributed by atoms with Crippen LogP contribution in [0.15, 0.2) is 0 Å². The molecule has 0 heterocycles. The number of hydrogen-bond acceptors (Lipinski definition) is 2. The van der Waals surface area contributed by atoms with Crippen molar-refractivity contribution in [1.29, 1.82) is 0 Å². The van der Waals surface area contributed by atoms with Crippen LogP contribution in [0, 0.1) is 17.8 Å². The van der Waals surface area contributed by atoms with E-state index < -0.39 is 0 Å². The van der Waals surface area contributed by atoms with Gasteiger partial charge in [-0.2, -0.15) is 0 Å². The molecule has 0 aromatic heterocycles. The normalized spacial score (nSPS) is 18.5. The minimum absolute atomic E-state index is 0.0369. The average molecular weight is 152 g/mol. The Morgan fingerprint density at radius 1 is 1.73 bits per heavy atom. The third kappa shape index (κ3) is 1.95. The Morgan fingerprint density at radius 3 is 2.73 bits per heavy atom. The Labute approximate surface area is 66.3 Å². The van der Waals surface area contributed by atoms with Gasteiger partial charge in [0, 0.05) is 12.0 Å². The van der Waals surface area contributed by atoms with Crippen molar-refractivity contribution in [3.8, 4) is 12.3 Å². The highest BCUT2D eigenvalue weighted by Crippen LogP contribution is 2.43. The van der Waals surface area contributed by atoms with Crippen molar-refractivity contribution in [2.75, 3.05) is 13.1 Å². The van der Waals surface area contributed by atoms with Crippen LogP contribution in [-0.4, -0.2) is 19.0 Å². The second kappa shape index (κ2) is 2.93. The number of carbonyl (C=O) groups excluding carboxylic acids is 1. The summed E-state index contributed by atoms with van der Waals surface area (Å²) in [6.07, 6.45) is 7.31. The first-order chi connectivity index (χ1) is 5.22. The van der Waals surface area contributed by atoms with Gasteiger partial charge in [-0.15, -0.1) is 6.42 Å². The highest BCUT2D eigenvalue weighted by molar-refractivity contribution is 5.77. The second-order valence-electron chi connectivity index (χ2n) is 2.91. The third-order valence-electron chi connectivity index (χ3n) is 1.97. The molecule has 1 fully saturated rings. The van der Waals surface area contributed by atoms with Crippen LogP contribution in [0.4, 0.5) is 0 Å². The van der Waals surface area contributed by atoms with E-state index in [-0.39, 0.29) is 17.9 Å². The van der Waals surface area contributed by atoms with Crippen molar-refractivity contribution < 1.29 is 4.79 Å². The van der Waals surface area contributed by atoms with Crippen LogP contribution in [0.2, 0.25) is 0 Å². The molecule has 3 N–H and O–H groups in total. The second-order valence-corrected chi connectivity index (χ2v) is 2.91. The zero-order valence-corrected chi connectivity index (χ0v) is 6.39. The quantitative estimate of drug-likeness (QED) is 0.534. The maximum Gasteiger partial charge on any atom is 0.233 e. The first kappa shape index (κ1) is 8.09. The molecule has 1 amide bonds. The molecule has 3 nitrogen and oxygen atoms in total. The van der Waals surface area contributed by atoms with Gasteiger partial charge in [-0.1, -0.05) is 5.92 Å². The minimum Gasteiger partial charge on any atom is -0.353 e. The van der Waals surface area contributed by atoms with Gasteiger partial charge in [-0.25, -0.2) is 0 Å². The number of carbonyl (C=O) groups is 1. The Hall–Kier alpha value is -1.01. The molecule has 0 bridgehead atoms. The van der Waals surface area contributed by atoms with Crippen LogP contribution in [0.5, 0.6) is 0 Å². The van der Waals surface area contributed by atoms with Gasteiger partial charge in [-0.05, 0) is 12.8 Å². The van der Waals surface area contributed by atoms with Gasteiger partial charge in [0.05, 0.1) is 6.54 Å². The molecule has 0 saturated heterocycles. The third-order valence-corrected chi connectivity index (χ3v) is 1.97. The van der Waals surface area contributed by atoms with Crippen molar-refractivity contribution >= 4 is 5.91 Å². The molecule has 0 aliphatic heterocycles. The van der Waals surface area contributed by atoms with E-state index in [4.69, 9.17) is 12.2 Å². The summed E-state index contributed by atoms with van der Waals surface area (Å²) in [6, 6.07) is 0. The highest BCUT2D eigenvalue weighted by Gasteiger charge is 2.40. The summed E-state index contributed by atoms with van der Waals surface area (Å²) in [5.74, 6) is 2.54. The van der Waals surface area contributed by atoms with E-state index in [0.29, 0.717) is 6.54 Å². The van der Waals surface area contributed by atoms with Crippen molar-refractivity contribution in [3.63, 3.8) is 0 Å². The van der Waals surface area contributed by atoms with E-state index in [9.17, 15) is 4.79 Å². The van der Waals surface area contributed by atoms with Crippen LogP contribution >= 0.6 is 0 Å². The number of nitrogens with one attached hydrogen (secondary N) is 1. The van der Waals surface area contributed by atoms with Gasteiger partial charge >= 0.3 is 0 Å². The zero-order valence-electron chi connectivity index (χ0n) is 6.39. The Bertz CT molecular complexity index is 201. The van der Waals surface area contributed by atoms with E-state index >= 15 is 0 Å². The molecule has 0 unspecified atom stereocenters. The van der Waals surface area contributed by atoms with E-state index in [1.54, 1.807) is 0 Å². The van der Waals surface area contributed by atoms with Gasteiger partial charge in [0.25, 0.3) is 0 Å². The van der Waals surface area contributed by atoms with Gasteiger partial charge in [0.2, 0.25) is 5.91 Å². The topological polar surface area (TPSA) is 55.1 Å². The first-order valence-electron chi connectivity index (χ1n) is 3.67. The van der Waals surface area contributed by atoms with E-state index in [2.05, 4.69) is 11.2 Å². The Morgan fingerprint density at radius 2 is 2.36 bits per heavy atom. The van der Waals surface area contributed by atoms with Crippen molar-refractivity contribution in [1.82, 2.24) is 5.32 Å². The molecule has 0 aromatic rings. The Balaban J connectivity index is 2.23. The molecular weight excluding hydrogens is 140 g/mol. The van der Waals surface area contributed by atoms with Crippen LogP contribution in [0.1, 0.15) is 12.8 Å². The predicted molar refractivity (Wildman–Crippen MR) is 42.6 cm³/mol. The van der Waals surface area contributed by atoms with Crippen molar-refractivity contribution in [2.24, 2.45) is 11.1 Å². The fourth-order valence-corrected chi connectivity index (χ4v) is 0.863. The molecule has 0 atom stereocenters. The Kier molecular flexibility index (Phi) is 2.16. The summed E-state index contributed by atoms with van der Waals surface area (Å²) in [4.78, 5) is 10.7. The maximum atomic E-state index is 10.7. The van der Waals surface area contributed by atoms with Gasteiger partial charge < -0.3 is 11.1 Å². The van der Waals surface area contributed by atoms with Gasteiger partial charge in [0.15, 0.2) is 0 Å². The number of nitrogens with two attached hydrogens (primary N) is 1. The largest absolute Gasteiger partial charge is 0.353 e. The molecule has 60 valence electrons. The summed E-state index contributed by atoms with van der Waals surface area (Å²) in [7, 11) is 0. The molecule has 0 radical (unpaired) electrons. The lowest BCUT2D eigenvalue weighted by atomic mass is 10.1. The summed E-state index contributed by atoms with van der Waals surface area (Å²) in [5, 5.41) is 2.68. The molecule has 0 aromatic carbocycles. The predicted octanol–water partition coefficient (Wildman–Crippen LogP) is -0.525. The SMILES string of the molecule is C#CC1(CNC(=O)CN)CC1. The lowest BCUT2D eigenvalue weighted by molar-refractivity contribution is -0.119. The average Bonchev–Trinajstić information content (AvgIpc) is 2.81. The number of rotatable bonds is 3. The first-order valence-corrected chi connectivity index (χ1v) is 3.67. The van der Waals surface area contributed by atoms with Crippen LogP contribution in [0.25, 0.3) is 0 Å². The van der Waals surface area contributed by atoms with Crippen LogP contribution in [-0.2, 0) is 4.79 Å². The standard InChI is InChI=1S/C8H12N2O/c1-2-8(3-4-8)6-10-7(11)5-9/h1H,3-6,9H2,(H,10,11). The summed E-state index contributed by atoms with van der Waals surface area (Å²) < 4.78 is 0. The molecular formula is C8H12N2O. The number of terminal acetylenes is 1. The zero-order chi connectivity index (χ0) is 8.32. The van der Waals surface area contributed by atoms with Crippen LogP contribution in [0.3, 0.4) is 0 Å². The molecule has 1 saturated carbocycles. The molecule has 0 spiro atoms. The minimum atomic E-state index is -0.133. The van der Waals surface area contributed by atoms with Crippen LogP contribution < -0.4 is 11.1 Å². The fraction of sp³-hybridized carbons (Fsp3) is 0.625. The number of hydrogen-bond donors (Lipinski definition) is 2. The lowest BCUT2D eigenvalue weighted by Crippen LogP contribution is -2.34. The maximum absolute atomic E-state index is 10.7. The summed E-state index contributed by atoms with van der Waals surface area (Å²) in [6.45, 7) is 0.625. The fourth-order valence-electron chi connectivity index (χ4n) is 0.863. The van der Waals surface area contributed by atoms with Gasteiger partial charge in [-0.3, -0.25) is 4.79 Å². The van der Waals surface area contributed by atoms with Crippen molar-refractivity contribution in [3.05, 3.63) is 0 Å². The molecule has 1 rings (SSSR count). The summed E-state index contributed by atoms with van der Waals surface area (Å²) in [5.41, 5.74) is 5.06. The molecule has 3 heteroatoms. The van der Waals surface area contributed by atoms with Crippen molar-refractivity contribution in [2.45, 2.75) is 12.8 Å². The monoisotopic (exact) mass is 152 g/mol. The van der Waals surface area contributed by atoms with E-state index in [1.807, 2.05) is 0 Å². The lowest BCUT2D eigenvalue weighted by Gasteiger charge is -2.07. The smallest absolute Gasteiger partial charge is 0.233 e. The molecule has 11 heavy (non-hydrogen) atoms. The molecule has 1 aliphatic carbocycles. The highest BCUT2D eigenvalue weighted by atomic mass is 16.1. The van der Waals surface area contributed by atoms with E-state index in [1.165, 1.54) is 0 Å². The van der Waals surface area contributed by atoms with Gasteiger partial charge in [0.1, 0.15) is 0 Å². The molecule has 1 aliphatic rings. The van der Waals surface area contributed by atoms with E-state index in [0.717, 1.165) is 12.8 Å². The summed E-state index contributed by atoms with van der Waals surface area (Å²) >= 11 is 0. The number of amides is 1.